The van der Waals surface area contributed by atoms with Crippen molar-refractivity contribution in [2.24, 2.45) is 11.8 Å². The number of fused-ring (bicyclic) bond motifs is 1. The lowest BCUT2D eigenvalue weighted by Crippen LogP contribution is -2.46. The Morgan fingerprint density at radius 1 is 1.16 bits per heavy atom. The number of carbonyl (C=O) groups excluding carboxylic acids is 2. The molecule has 2 saturated heterocycles. The number of hydrogen-bond donors (Lipinski definition) is 2. The van der Waals surface area contributed by atoms with Crippen LogP contribution < -0.4 is 10.6 Å². The van der Waals surface area contributed by atoms with Crippen LogP contribution in [0.5, 0.6) is 0 Å². The highest BCUT2D eigenvalue weighted by atomic mass is 32.2. The van der Waals surface area contributed by atoms with Gasteiger partial charge in [-0.25, -0.2) is 8.42 Å². The molecule has 2 aliphatic heterocycles. The van der Waals surface area contributed by atoms with Crippen molar-refractivity contribution in [2.75, 3.05) is 32.4 Å². The molecular weight excluding hydrogens is 416 g/mol. The lowest BCUT2D eigenvalue weighted by Gasteiger charge is -2.33. The van der Waals surface area contributed by atoms with Crippen molar-refractivity contribution in [3.63, 3.8) is 0 Å². The first-order valence-corrected chi connectivity index (χ1v) is 12.9. The van der Waals surface area contributed by atoms with Crippen molar-refractivity contribution in [3.8, 4) is 0 Å². The summed E-state index contributed by atoms with van der Waals surface area (Å²) in [6, 6.07) is 10.5. The molecule has 1 saturated carbocycles. The van der Waals surface area contributed by atoms with E-state index in [-0.39, 0.29) is 42.3 Å². The quantitative estimate of drug-likeness (QED) is 0.686. The van der Waals surface area contributed by atoms with E-state index in [4.69, 9.17) is 0 Å². The van der Waals surface area contributed by atoms with E-state index < -0.39 is 10.0 Å². The second-order valence-electron chi connectivity index (χ2n) is 9.20. The van der Waals surface area contributed by atoms with Crippen LogP contribution in [0.1, 0.15) is 31.2 Å². The molecule has 2 amide bonds. The number of likely N-dealkylation sites (tertiary alicyclic amines) is 1. The number of carbonyl (C=O) groups is 2. The summed E-state index contributed by atoms with van der Waals surface area (Å²) in [6.07, 6.45) is 4.17. The van der Waals surface area contributed by atoms with Gasteiger partial charge in [0.25, 0.3) is 0 Å². The van der Waals surface area contributed by atoms with E-state index in [9.17, 15) is 18.0 Å². The minimum atomic E-state index is -3.44. The fraction of sp³-hybridized carbons (Fsp3) is 0.636. The highest BCUT2D eigenvalue weighted by Gasteiger charge is 2.43. The first-order chi connectivity index (χ1) is 14.8. The standard InChI is InChI=1S/C22H32N4O4S/c1-31(29,30)26-14-18-11-17(12-20(18)24-21(27)15-26)22(28)23-19-7-9-25(10-8-19)13-16-5-3-2-4-6-16/h2-6,17-20H,7-15H2,1H3,(H,23,28)(H,24,27)/t17-,18+,20+/m0/s1. The fourth-order valence-corrected chi connectivity index (χ4v) is 5.92. The van der Waals surface area contributed by atoms with Gasteiger partial charge in [0.2, 0.25) is 21.8 Å². The number of benzene rings is 1. The number of piperidine rings is 1. The molecule has 2 N–H and O–H groups in total. The summed E-state index contributed by atoms with van der Waals surface area (Å²) in [5.41, 5.74) is 1.31. The van der Waals surface area contributed by atoms with Gasteiger partial charge in [0.05, 0.1) is 12.8 Å². The Morgan fingerprint density at radius 2 is 1.87 bits per heavy atom. The second kappa shape index (κ2) is 9.26. The average Bonchev–Trinajstić information content (AvgIpc) is 3.04. The normalized spacial score (nSPS) is 28.5. The molecule has 1 aliphatic carbocycles. The van der Waals surface area contributed by atoms with Crippen LogP contribution in [0, 0.1) is 11.8 Å². The Hall–Kier alpha value is -1.97. The van der Waals surface area contributed by atoms with Crippen molar-refractivity contribution in [1.82, 2.24) is 19.8 Å². The van der Waals surface area contributed by atoms with Gasteiger partial charge in [-0.2, -0.15) is 4.31 Å². The summed E-state index contributed by atoms with van der Waals surface area (Å²) < 4.78 is 25.1. The van der Waals surface area contributed by atoms with Crippen LogP contribution in [0.2, 0.25) is 0 Å². The summed E-state index contributed by atoms with van der Waals surface area (Å²) in [4.78, 5) is 27.4. The van der Waals surface area contributed by atoms with Crippen LogP contribution in [-0.4, -0.2) is 74.0 Å². The third kappa shape index (κ3) is 5.64. The van der Waals surface area contributed by atoms with Crippen LogP contribution in [0.15, 0.2) is 30.3 Å². The zero-order valence-corrected chi connectivity index (χ0v) is 18.8. The molecule has 0 aromatic heterocycles. The number of hydrogen-bond acceptors (Lipinski definition) is 5. The Kier molecular flexibility index (Phi) is 6.64. The average molecular weight is 449 g/mol. The maximum absolute atomic E-state index is 12.9. The molecule has 1 aromatic rings. The molecular formula is C22H32N4O4S. The first-order valence-electron chi connectivity index (χ1n) is 11.1. The van der Waals surface area contributed by atoms with E-state index in [1.807, 2.05) is 6.07 Å². The molecule has 170 valence electrons. The molecule has 2 heterocycles. The molecule has 0 spiro atoms. The Labute approximate surface area is 184 Å². The number of nitrogens with zero attached hydrogens (tertiary/aromatic N) is 2. The Balaban J connectivity index is 1.27. The van der Waals surface area contributed by atoms with Gasteiger partial charge in [-0.05, 0) is 37.2 Å². The van der Waals surface area contributed by atoms with Gasteiger partial charge in [0.1, 0.15) is 0 Å². The second-order valence-corrected chi connectivity index (χ2v) is 11.2. The van der Waals surface area contributed by atoms with Gasteiger partial charge >= 0.3 is 0 Å². The van der Waals surface area contributed by atoms with Crippen LogP contribution in [0.3, 0.4) is 0 Å². The van der Waals surface area contributed by atoms with Crippen LogP contribution in [0.4, 0.5) is 0 Å². The molecule has 4 rings (SSSR count). The molecule has 8 nitrogen and oxygen atoms in total. The molecule has 0 radical (unpaired) electrons. The third-order valence-corrected chi connectivity index (χ3v) is 8.04. The smallest absolute Gasteiger partial charge is 0.235 e. The van der Waals surface area contributed by atoms with Gasteiger partial charge in [0.15, 0.2) is 0 Å². The largest absolute Gasteiger partial charge is 0.353 e. The summed E-state index contributed by atoms with van der Waals surface area (Å²) in [7, 11) is -3.44. The van der Waals surface area contributed by atoms with Crippen molar-refractivity contribution in [2.45, 2.75) is 44.3 Å². The minimum absolute atomic E-state index is 0.0235. The Morgan fingerprint density at radius 3 is 2.55 bits per heavy atom. The maximum Gasteiger partial charge on any atom is 0.235 e. The zero-order chi connectivity index (χ0) is 22.0. The molecule has 0 unspecified atom stereocenters. The summed E-state index contributed by atoms with van der Waals surface area (Å²) in [5.74, 6) is -0.457. The minimum Gasteiger partial charge on any atom is -0.353 e. The van der Waals surface area contributed by atoms with Gasteiger partial charge < -0.3 is 10.6 Å². The molecule has 3 aliphatic rings. The molecule has 3 fully saturated rings. The van der Waals surface area contributed by atoms with E-state index in [0.717, 1.165) is 38.7 Å². The van der Waals surface area contributed by atoms with Crippen LogP contribution in [0.25, 0.3) is 0 Å². The first kappa shape index (κ1) is 22.2. The van der Waals surface area contributed by atoms with Gasteiger partial charge in [0, 0.05) is 44.2 Å². The highest BCUT2D eigenvalue weighted by molar-refractivity contribution is 7.88. The fourth-order valence-electron chi connectivity index (χ4n) is 5.10. The van der Waals surface area contributed by atoms with Gasteiger partial charge in [-0.3, -0.25) is 14.5 Å². The number of amides is 2. The Bertz CT molecular complexity index is 899. The number of sulfonamides is 1. The predicted octanol–water partition coefficient (Wildman–Crippen LogP) is 0.553. The van der Waals surface area contributed by atoms with E-state index >= 15 is 0 Å². The molecule has 1 aromatic carbocycles. The van der Waals surface area contributed by atoms with E-state index in [0.29, 0.717) is 19.4 Å². The maximum atomic E-state index is 12.9. The van der Waals surface area contributed by atoms with Gasteiger partial charge in [-0.1, -0.05) is 30.3 Å². The van der Waals surface area contributed by atoms with E-state index in [1.54, 1.807) is 0 Å². The monoisotopic (exact) mass is 448 g/mol. The number of rotatable bonds is 5. The molecule has 3 atom stereocenters. The topological polar surface area (TPSA) is 98.8 Å². The van der Waals surface area contributed by atoms with Crippen molar-refractivity contribution >= 4 is 21.8 Å². The van der Waals surface area contributed by atoms with Crippen LogP contribution in [-0.2, 0) is 26.2 Å². The number of nitrogens with one attached hydrogen (secondary N) is 2. The van der Waals surface area contributed by atoms with E-state index in [1.165, 1.54) is 9.87 Å². The van der Waals surface area contributed by atoms with Crippen molar-refractivity contribution < 1.29 is 18.0 Å². The summed E-state index contributed by atoms with van der Waals surface area (Å²) in [5, 5.41) is 6.14. The van der Waals surface area contributed by atoms with Crippen LogP contribution >= 0.6 is 0 Å². The summed E-state index contributed by atoms with van der Waals surface area (Å²) >= 11 is 0. The lowest BCUT2D eigenvalue weighted by atomic mass is 10.0. The lowest BCUT2D eigenvalue weighted by molar-refractivity contribution is -0.126. The SMILES string of the molecule is CS(=O)(=O)N1CC(=O)N[C@@H]2C[C@@H](C(=O)NC3CCN(Cc4ccccc4)CC3)C[C@@H]2C1. The predicted molar refractivity (Wildman–Crippen MR) is 117 cm³/mol. The highest BCUT2D eigenvalue weighted by Crippen LogP contribution is 2.34. The third-order valence-electron chi connectivity index (χ3n) is 6.82. The van der Waals surface area contributed by atoms with E-state index in [2.05, 4.69) is 39.8 Å². The summed E-state index contributed by atoms with van der Waals surface area (Å²) in [6.45, 7) is 3.00. The van der Waals surface area contributed by atoms with Crippen molar-refractivity contribution in [1.29, 1.82) is 0 Å². The molecule has 0 bridgehead atoms. The van der Waals surface area contributed by atoms with Crippen molar-refractivity contribution in [3.05, 3.63) is 35.9 Å². The van der Waals surface area contributed by atoms with Gasteiger partial charge in [-0.15, -0.1) is 0 Å². The zero-order valence-electron chi connectivity index (χ0n) is 18.0. The molecule has 31 heavy (non-hydrogen) atoms. The molecule has 9 heteroatoms.